The Morgan fingerprint density at radius 1 is 1.32 bits per heavy atom. The zero-order valence-electron chi connectivity index (χ0n) is 14.9. The summed E-state index contributed by atoms with van der Waals surface area (Å²) < 4.78 is 24.1. The van der Waals surface area contributed by atoms with Crippen molar-refractivity contribution in [3.63, 3.8) is 0 Å². The fraction of sp³-hybridized carbons (Fsp3) is 0.529. The number of amidine groups is 1. The lowest BCUT2D eigenvalue weighted by Gasteiger charge is -2.28. The van der Waals surface area contributed by atoms with Gasteiger partial charge in [-0.15, -0.1) is 0 Å². The van der Waals surface area contributed by atoms with Gasteiger partial charge in [-0.2, -0.15) is 0 Å². The second-order valence-electron chi connectivity index (χ2n) is 6.86. The summed E-state index contributed by atoms with van der Waals surface area (Å²) in [6, 6.07) is 5.71. The fourth-order valence-electron chi connectivity index (χ4n) is 3.15. The monoisotopic (exact) mass is 381 g/mol. The number of amides is 1. The lowest BCUT2D eigenvalue weighted by molar-refractivity contribution is -0.125. The van der Waals surface area contributed by atoms with Crippen LogP contribution in [0.3, 0.4) is 0 Å². The number of aryl methyl sites for hydroxylation is 2. The topological polar surface area (TPSA) is 70.1 Å². The Kier molecular flexibility index (Phi) is 4.85. The molecule has 1 amide bonds. The van der Waals surface area contributed by atoms with Crippen LogP contribution in [0.2, 0.25) is 0 Å². The van der Waals surface area contributed by atoms with Crippen LogP contribution in [-0.2, 0) is 14.6 Å². The molecular formula is C17H23N3O3S2. The highest BCUT2D eigenvalue weighted by Gasteiger charge is 2.47. The molecule has 0 aliphatic carbocycles. The zero-order valence-corrected chi connectivity index (χ0v) is 16.5. The van der Waals surface area contributed by atoms with Gasteiger partial charge in [-0.05, 0) is 31.0 Å². The predicted molar refractivity (Wildman–Crippen MR) is 103 cm³/mol. The third-order valence-electron chi connectivity index (χ3n) is 4.56. The van der Waals surface area contributed by atoms with Crippen LogP contribution in [0.25, 0.3) is 0 Å². The summed E-state index contributed by atoms with van der Waals surface area (Å²) in [5.41, 5.74) is 3.16. The number of aliphatic imine (C=N–C) groups is 1. The van der Waals surface area contributed by atoms with E-state index in [1.165, 1.54) is 11.8 Å². The van der Waals surface area contributed by atoms with Gasteiger partial charge in [0.1, 0.15) is 0 Å². The first kappa shape index (κ1) is 18.3. The van der Waals surface area contributed by atoms with Crippen LogP contribution in [0.4, 0.5) is 5.69 Å². The highest BCUT2D eigenvalue weighted by molar-refractivity contribution is 8.14. The summed E-state index contributed by atoms with van der Waals surface area (Å²) >= 11 is 1.38. The maximum atomic E-state index is 12.1. The predicted octanol–water partition coefficient (Wildman–Crippen LogP) is 1.47. The molecule has 1 aromatic rings. The largest absolute Gasteiger partial charge is 0.348 e. The zero-order chi connectivity index (χ0) is 18.4. The van der Waals surface area contributed by atoms with Gasteiger partial charge < -0.3 is 9.80 Å². The van der Waals surface area contributed by atoms with Crippen LogP contribution in [-0.4, -0.2) is 67.8 Å². The van der Waals surface area contributed by atoms with Gasteiger partial charge in [-0.1, -0.05) is 23.9 Å². The van der Waals surface area contributed by atoms with Crippen LogP contribution >= 0.6 is 11.8 Å². The molecule has 0 unspecified atom stereocenters. The Balaban J connectivity index is 1.94. The summed E-state index contributed by atoms with van der Waals surface area (Å²) in [7, 11) is 0.380. The maximum absolute atomic E-state index is 12.1. The van der Waals surface area contributed by atoms with Crippen molar-refractivity contribution >= 4 is 38.4 Å². The van der Waals surface area contributed by atoms with Gasteiger partial charge in [0.15, 0.2) is 15.0 Å². The van der Waals surface area contributed by atoms with Gasteiger partial charge in [0.05, 0.1) is 29.3 Å². The van der Waals surface area contributed by atoms with Crippen LogP contribution in [0, 0.1) is 13.8 Å². The Morgan fingerprint density at radius 3 is 2.72 bits per heavy atom. The number of carbonyl (C=O) groups is 1. The number of benzene rings is 1. The number of sulfone groups is 1. The molecule has 1 aromatic carbocycles. The summed E-state index contributed by atoms with van der Waals surface area (Å²) in [6.45, 7) is 4.03. The highest BCUT2D eigenvalue weighted by Crippen LogP contribution is 2.36. The number of anilines is 1. The van der Waals surface area contributed by atoms with Gasteiger partial charge >= 0.3 is 0 Å². The molecule has 25 heavy (non-hydrogen) atoms. The van der Waals surface area contributed by atoms with E-state index in [2.05, 4.69) is 11.1 Å². The van der Waals surface area contributed by atoms with E-state index in [1.54, 1.807) is 19.0 Å². The van der Waals surface area contributed by atoms with Crippen LogP contribution in [0.5, 0.6) is 0 Å². The quantitative estimate of drug-likeness (QED) is 0.793. The molecule has 0 saturated carbocycles. The van der Waals surface area contributed by atoms with Crippen LogP contribution in [0.1, 0.15) is 11.1 Å². The van der Waals surface area contributed by atoms with Crippen LogP contribution in [0.15, 0.2) is 23.2 Å². The Hall–Kier alpha value is -1.54. The number of rotatable bonds is 3. The molecule has 2 aliphatic rings. The molecule has 0 radical (unpaired) electrons. The second kappa shape index (κ2) is 6.64. The van der Waals surface area contributed by atoms with Gasteiger partial charge in [-0.3, -0.25) is 9.79 Å². The number of thioether (sulfide) groups is 1. The SMILES string of the molecule is Cc1ccc(C)c(N2C(SCC(=O)N(C)C)=N[C@H]3CS(=O)(=O)C[C@@H]32)c1. The van der Waals surface area contributed by atoms with E-state index in [9.17, 15) is 13.2 Å². The average molecular weight is 382 g/mol. The molecule has 0 bridgehead atoms. The first-order valence-electron chi connectivity index (χ1n) is 8.15. The van der Waals surface area contributed by atoms with Crippen molar-refractivity contribution < 1.29 is 13.2 Å². The van der Waals surface area contributed by atoms with E-state index in [-0.39, 0.29) is 29.5 Å². The first-order valence-corrected chi connectivity index (χ1v) is 11.0. The molecule has 0 spiro atoms. The summed E-state index contributed by atoms with van der Waals surface area (Å²) in [5.74, 6) is 0.503. The van der Waals surface area contributed by atoms with E-state index in [0.717, 1.165) is 22.0 Å². The minimum atomic E-state index is -3.07. The van der Waals surface area contributed by atoms with Crippen molar-refractivity contribution in [3.05, 3.63) is 29.3 Å². The normalized spacial score (nSPS) is 24.2. The average Bonchev–Trinajstić information content (AvgIpc) is 2.98. The Bertz CT molecular complexity index is 834. The van der Waals surface area contributed by atoms with E-state index in [1.807, 2.05) is 30.9 Å². The van der Waals surface area contributed by atoms with Gasteiger partial charge in [0, 0.05) is 19.8 Å². The molecule has 3 rings (SSSR count). The molecule has 136 valence electrons. The van der Waals surface area contributed by atoms with Gasteiger partial charge in [0.25, 0.3) is 0 Å². The smallest absolute Gasteiger partial charge is 0.232 e. The number of nitrogens with zero attached hydrogens (tertiary/aromatic N) is 3. The number of carbonyl (C=O) groups excluding carboxylic acids is 1. The number of hydrogen-bond donors (Lipinski definition) is 0. The van der Waals surface area contributed by atoms with Gasteiger partial charge in [0.2, 0.25) is 5.91 Å². The molecule has 8 heteroatoms. The van der Waals surface area contributed by atoms with E-state index >= 15 is 0 Å². The van der Waals surface area contributed by atoms with Crippen molar-refractivity contribution in [2.45, 2.75) is 25.9 Å². The molecule has 2 atom stereocenters. The van der Waals surface area contributed by atoms with Crippen molar-refractivity contribution in [2.24, 2.45) is 4.99 Å². The minimum absolute atomic E-state index is 0.0123. The van der Waals surface area contributed by atoms with Crippen molar-refractivity contribution in [3.8, 4) is 0 Å². The maximum Gasteiger partial charge on any atom is 0.232 e. The van der Waals surface area contributed by atoms with E-state index in [4.69, 9.17) is 0 Å². The highest BCUT2D eigenvalue weighted by atomic mass is 32.2. The van der Waals surface area contributed by atoms with Crippen molar-refractivity contribution in [2.75, 3.05) is 36.3 Å². The summed E-state index contributed by atoms with van der Waals surface area (Å²) in [5, 5.41) is 0.744. The standard InChI is InChI=1S/C17H23N3O3S2/c1-11-5-6-12(2)14(7-11)20-15-10-25(22,23)9-13(15)18-17(20)24-8-16(21)19(3)4/h5-7,13,15H,8-10H2,1-4H3/t13-,15-/m0/s1. The molecule has 0 aromatic heterocycles. The second-order valence-corrected chi connectivity index (χ2v) is 9.96. The molecule has 0 N–H and O–H groups in total. The third kappa shape index (κ3) is 3.69. The molecule has 1 saturated heterocycles. The fourth-order valence-corrected chi connectivity index (χ4v) is 6.09. The van der Waals surface area contributed by atoms with Crippen molar-refractivity contribution in [1.29, 1.82) is 0 Å². The van der Waals surface area contributed by atoms with Crippen LogP contribution < -0.4 is 4.90 Å². The van der Waals surface area contributed by atoms with E-state index < -0.39 is 9.84 Å². The summed E-state index contributed by atoms with van der Waals surface area (Å²) in [6.07, 6.45) is 0. The molecule has 2 aliphatic heterocycles. The molecule has 2 heterocycles. The number of fused-ring (bicyclic) bond motifs is 1. The Labute approximate surface area is 153 Å². The van der Waals surface area contributed by atoms with E-state index in [0.29, 0.717) is 5.75 Å². The lowest BCUT2D eigenvalue weighted by atomic mass is 10.1. The Morgan fingerprint density at radius 2 is 2.04 bits per heavy atom. The van der Waals surface area contributed by atoms with Gasteiger partial charge in [-0.25, -0.2) is 8.42 Å². The minimum Gasteiger partial charge on any atom is -0.348 e. The molecular weight excluding hydrogens is 358 g/mol. The third-order valence-corrected chi connectivity index (χ3v) is 7.21. The molecule has 1 fully saturated rings. The lowest BCUT2D eigenvalue weighted by Crippen LogP contribution is -2.40. The summed E-state index contributed by atoms with van der Waals surface area (Å²) in [4.78, 5) is 20.2. The molecule has 6 nitrogen and oxygen atoms in total. The van der Waals surface area contributed by atoms with Crippen molar-refractivity contribution in [1.82, 2.24) is 4.90 Å². The first-order chi connectivity index (χ1) is 11.7. The number of hydrogen-bond acceptors (Lipinski definition) is 6.